The van der Waals surface area contributed by atoms with Crippen LogP contribution in [0.3, 0.4) is 0 Å². The average Bonchev–Trinajstić information content (AvgIpc) is 3.04. The SMILES string of the molecule is COc1cccc(/C=C2\Oc3c(ccc(OCc4cccc(F)c4)c3C)C2=O)c1. The van der Waals surface area contributed by atoms with E-state index in [0.717, 1.165) is 16.7 Å². The molecular weight excluding hydrogens is 371 g/mol. The number of benzene rings is 3. The molecule has 3 aromatic carbocycles. The number of allylic oxidation sites excluding steroid dienone is 1. The zero-order chi connectivity index (χ0) is 20.4. The van der Waals surface area contributed by atoms with Crippen LogP contribution in [-0.4, -0.2) is 12.9 Å². The summed E-state index contributed by atoms with van der Waals surface area (Å²) in [4.78, 5) is 12.7. The van der Waals surface area contributed by atoms with Crippen molar-refractivity contribution in [2.45, 2.75) is 13.5 Å². The van der Waals surface area contributed by atoms with Crippen molar-refractivity contribution in [2.75, 3.05) is 7.11 Å². The van der Waals surface area contributed by atoms with E-state index in [2.05, 4.69) is 0 Å². The second kappa shape index (κ2) is 7.80. The Hall–Kier alpha value is -3.60. The maximum atomic E-state index is 13.3. The Morgan fingerprint density at radius 1 is 1.07 bits per heavy atom. The first-order valence-electron chi connectivity index (χ1n) is 9.14. The highest BCUT2D eigenvalue weighted by atomic mass is 19.1. The molecule has 4 nitrogen and oxygen atoms in total. The molecule has 0 unspecified atom stereocenters. The summed E-state index contributed by atoms with van der Waals surface area (Å²) in [6.45, 7) is 2.05. The van der Waals surface area contributed by atoms with Gasteiger partial charge in [-0.05, 0) is 60.5 Å². The van der Waals surface area contributed by atoms with Gasteiger partial charge in [-0.25, -0.2) is 4.39 Å². The number of ether oxygens (including phenoxy) is 3. The van der Waals surface area contributed by atoms with E-state index in [0.29, 0.717) is 22.8 Å². The van der Waals surface area contributed by atoms with Crippen LogP contribution in [0, 0.1) is 12.7 Å². The van der Waals surface area contributed by atoms with Crippen molar-refractivity contribution < 1.29 is 23.4 Å². The summed E-state index contributed by atoms with van der Waals surface area (Å²) in [5.74, 6) is 1.54. The van der Waals surface area contributed by atoms with Gasteiger partial charge in [0.25, 0.3) is 0 Å². The molecule has 1 aliphatic heterocycles. The smallest absolute Gasteiger partial charge is 0.231 e. The van der Waals surface area contributed by atoms with Crippen LogP contribution in [0.25, 0.3) is 6.08 Å². The summed E-state index contributed by atoms with van der Waals surface area (Å²) in [6, 6.07) is 17.1. The van der Waals surface area contributed by atoms with Crippen molar-refractivity contribution in [3.05, 3.63) is 94.5 Å². The molecule has 4 rings (SSSR count). The molecule has 0 saturated carbocycles. The first kappa shape index (κ1) is 18.7. The van der Waals surface area contributed by atoms with E-state index >= 15 is 0 Å². The Bertz CT molecular complexity index is 1120. The van der Waals surface area contributed by atoms with Gasteiger partial charge in [-0.1, -0.05) is 24.3 Å². The molecule has 0 spiro atoms. The first-order valence-corrected chi connectivity index (χ1v) is 9.14. The summed E-state index contributed by atoms with van der Waals surface area (Å²) in [5, 5.41) is 0. The van der Waals surface area contributed by atoms with Gasteiger partial charge in [0.05, 0.1) is 12.7 Å². The van der Waals surface area contributed by atoms with Crippen LogP contribution in [0.1, 0.15) is 27.0 Å². The van der Waals surface area contributed by atoms with Gasteiger partial charge in [0.1, 0.15) is 29.7 Å². The van der Waals surface area contributed by atoms with Crippen LogP contribution in [-0.2, 0) is 6.61 Å². The first-order chi connectivity index (χ1) is 14.0. The predicted molar refractivity (Wildman–Crippen MR) is 108 cm³/mol. The molecule has 1 aliphatic rings. The number of hydrogen-bond donors (Lipinski definition) is 0. The molecule has 0 radical (unpaired) electrons. The molecule has 0 amide bonds. The Balaban J connectivity index is 1.57. The molecule has 0 bridgehead atoms. The van der Waals surface area contributed by atoms with Gasteiger partial charge in [0.15, 0.2) is 5.76 Å². The normalized spacial score (nSPS) is 13.9. The molecule has 146 valence electrons. The third-order valence-electron chi connectivity index (χ3n) is 4.71. The fourth-order valence-electron chi connectivity index (χ4n) is 3.19. The fraction of sp³-hybridized carbons (Fsp3) is 0.125. The van der Waals surface area contributed by atoms with Crippen LogP contribution in [0.5, 0.6) is 17.2 Å². The predicted octanol–water partition coefficient (Wildman–Crippen LogP) is 5.34. The Morgan fingerprint density at radius 3 is 2.69 bits per heavy atom. The number of halogens is 1. The van der Waals surface area contributed by atoms with Gasteiger partial charge in [-0.2, -0.15) is 0 Å². The molecule has 0 aliphatic carbocycles. The quantitative estimate of drug-likeness (QED) is 0.552. The average molecular weight is 390 g/mol. The zero-order valence-corrected chi connectivity index (χ0v) is 16.1. The van der Waals surface area contributed by atoms with Crippen LogP contribution in [0.2, 0.25) is 0 Å². The van der Waals surface area contributed by atoms with Crippen LogP contribution >= 0.6 is 0 Å². The van der Waals surface area contributed by atoms with E-state index in [4.69, 9.17) is 14.2 Å². The molecule has 1 heterocycles. The molecule has 0 fully saturated rings. The summed E-state index contributed by atoms with van der Waals surface area (Å²) in [7, 11) is 1.59. The minimum Gasteiger partial charge on any atom is -0.497 e. The molecule has 3 aromatic rings. The van der Waals surface area contributed by atoms with Gasteiger partial charge in [-0.15, -0.1) is 0 Å². The lowest BCUT2D eigenvalue weighted by molar-refractivity contribution is 0.101. The highest BCUT2D eigenvalue weighted by Crippen LogP contribution is 2.39. The minimum absolute atomic E-state index is 0.178. The van der Waals surface area contributed by atoms with E-state index in [-0.39, 0.29) is 24.0 Å². The third kappa shape index (κ3) is 3.85. The van der Waals surface area contributed by atoms with Crippen LogP contribution in [0.15, 0.2) is 66.4 Å². The Labute approximate surface area is 168 Å². The molecule has 5 heteroatoms. The maximum Gasteiger partial charge on any atom is 0.231 e. The van der Waals surface area contributed by atoms with E-state index in [1.54, 1.807) is 37.5 Å². The summed E-state index contributed by atoms with van der Waals surface area (Å²) in [5.41, 5.74) is 2.75. The van der Waals surface area contributed by atoms with Crippen molar-refractivity contribution in [1.82, 2.24) is 0 Å². The molecular formula is C24H19FO4. The fourth-order valence-corrected chi connectivity index (χ4v) is 3.19. The van der Waals surface area contributed by atoms with Crippen molar-refractivity contribution in [3.63, 3.8) is 0 Å². The highest BCUT2D eigenvalue weighted by Gasteiger charge is 2.30. The number of fused-ring (bicyclic) bond motifs is 1. The van der Waals surface area contributed by atoms with E-state index in [1.807, 2.05) is 31.2 Å². The number of carbonyl (C=O) groups excluding carboxylic acids is 1. The monoisotopic (exact) mass is 390 g/mol. The van der Waals surface area contributed by atoms with Gasteiger partial charge in [0.2, 0.25) is 5.78 Å². The maximum absolute atomic E-state index is 13.3. The van der Waals surface area contributed by atoms with Gasteiger partial charge in [-0.3, -0.25) is 4.79 Å². The number of ketones is 1. The zero-order valence-electron chi connectivity index (χ0n) is 16.1. The highest BCUT2D eigenvalue weighted by molar-refractivity contribution is 6.15. The molecule has 0 atom stereocenters. The van der Waals surface area contributed by atoms with Crippen molar-refractivity contribution in [1.29, 1.82) is 0 Å². The number of methoxy groups -OCH3 is 1. The second-order valence-electron chi connectivity index (χ2n) is 6.70. The van der Waals surface area contributed by atoms with E-state index in [1.165, 1.54) is 12.1 Å². The number of rotatable bonds is 5. The minimum atomic E-state index is -0.307. The van der Waals surface area contributed by atoms with Crippen molar-refractivity contribution in [2.24, 2.45) is 0 Å². The third-order valence-corrected chi connectivity index (χ3v) is 4.71. The van der Waals surface area contributed by atoms with Crippen LogP contribution in [0.4, 0.5) is 4.39 Å². The Kier molecular flexibility index (Phi) is 5.04. The number of Topliss-reactive ketones (excluding diaryl/α,β-unsaturated/α-hetero) is 1. The molecule has 29 heavy (non-hydrogen) atoms. The lowest BCUT2D eigenvalue weighted by Gasteiger charge is -2.11. The summed E-state index contributed by atoms with van der Waals surface area (Å²) >= 11 is 0. The second-order valence-corrected chi connectivity index (χ2v) is 6.70. The summed E-state index contributed by atoms with van der Waals surface area (Å²) < 4.78 is 30.3. The number of carbonyl (C=O) groups is 1. The van der Waals surface area contributed by atoms with Crippen LogP contribution < -0.4 is 14.2 Å². The number of hydrogen-bond acceptors (Lipinski definition) is 4. The standard InChI is InChI=1S/C24H19FO4/c1-15-21(28-14-17-6-3-7-18(25)11-17)10-9-20-23(26)22(29-24(15)20)13-16-5-4-8-19(12-16)27-2/h3-13H,14H2,1-2H3/b22-13-. The largest absolute Gasteiger partial charge is 0.497 e. The lowest BCUT2D eigenvalue weighted by Crippen LogP contribution is -1.98. The molecule has 0 saturated heterocycles. The van der Waals surface area contributed by atoms with Gasteiger partial charge < -0.3 is 14.2 Å². The lowest BCUT2D eigenvalue weighted by atomic mass is 10.1. The molecule has 0 N–H and O–H groups in total. The van der Waals surface area contributed by atoms with E-state index < -0.39 is 0 Å². The Morgan fingerprint density at radius 2 is 1.90 bits per heavy atom. The van der Waals surface area contributed by atoms with Gasteiger partial charge >= 0.3 is 0 Å². The van der Waals surface area contributed by atoms with E-state index in [9.17, 15) is 9.18 Å². The summed E-state index contributed by atoms with van der Waals surface area (Å²) in [6.07, 6.45) is 1.69. The topological polar surface area (TPSA) is 44.8 Å². The van der Waals surface area contributed by atoms with Crippen molar-refractivity contribution >= 4 is 11.9 Å². The van der Waals surface area contributed by atoms with Crippen molar-refractivity contribution in [3.8, 4) is 17.2 Å². The van der Waals surface area contributed by atoms with Gasteiger partial charge in [0, 0.05) is 5.56 Å². The molecule has 0 aromatic heterocycles.